The van der Waals surface area contributed by atoms with Crippen molar-refractivity contribution in [3.8, 4) is 5.69 Å². The summed E-state index contributed by atoms with van der Waals surface area (Å²) < 4.78 is 1.65. The molecule has 1 amide bonds. The average Bonchev–Trinajstić information content (AvgIpc) is 3.10. The topological polar surface area (TPSA) is 71.2 Å². The molecule has 122 valence electrons. The molecule has 0 aliphatic carbocycles. The van der Waals surface area contributed by atoms with Gasteiger partial charge in [0.25, 0.3) is 5.91 Å². The van der Waals surface area contributed by atoms with Crippen LogP contribution in [0.4, 0.5) is 0 Å². The van der Waals surface area contributed by atoms with Gasteiger partial charge in [-0.25, -0.2) is 9.67 Å². The largest absolute Gasteiger partial charge is 0.390 e. The smallest absolute Gasteiger partial charge is 0.253 e. The van der Waals surface area contributed by atoms with E-state index in [1.807, 2.05) is 29.2 Å². The minimum atomic E-state index is -0.595. The summed E-state index contributed by atoms with van der Waals surface area (Å²) in [6, 6.07) is 7.34. The predicted molar refractivity (Wildman–Crippen MR) is 86.4 cm³/mol. The van der Waals surface area contributed by atoms with Gasteiger partial charge in [-0.1, -0.05) is 13.3 Å². The molecule has 0 saturated carbocycles. The Hall–Kier alpha value is -2.21. The lowest BCUT2D eigenvalue weighted by Gasteiger charge is -2.38. The molecule has 0 unspecified atom stereocenters. The van der Waals surface area contributed by atoms with E-state index in [1.165, 1.54) is 6.33 Å². The van der Waals surface area contributed by atoms with Crippen LogP contribution >= 0.6 is 0 Å². The highest BCUT2D eigenvalue weighted by Gasteiger charge is 2.33. The summed E-state index contributed by atoms with van der Waals surface area (Å²) >= 11 is 0. The first-order chi connectivity index (χ1) is 11.1. The molecule has 6 heteroatoms. The van der Waals surface area contributed by atoms with Gasteiger partial charge < -0.3 is 10.0 Å². The van der Waals surface area contributed by atoms with E-state index in [2.05, 4.69) is 17.0 Å². The van der Waals surface area contributed by atoms with Gasteiger partial charge in [0.15, 0.2) is 0 Å². The second-order valence-electron chi connectivity index (χ2n) is 6.15. The molecular weight excluding hydrogens is 292 g/mol. The van der Waals surface area contributed by atoms with Crippen molar-refractivity contribution < 1.29 is 9.90 Å². The summed E-state index contributed by atoms with van der Waals surface area (Å²) in [6.45, 7) is 3.30. The molecule has 2 aromatic rings. The summed E-state index contributed by atoms with van der Waals surface area (Å²) in [4.78, 5) is 18.3. The van der Waals surface area contributed by atoms with E-state index in [4.69, 9.17) is 0 Å². The lowest BCUT2D eigenvalue weighted by atomic mass is 9.87. The molecule has 0 bridgehead atoms. The Morgan fingerprint density at radius 2 is 1.96 bits per heavy atom. The quantitative estimate of drug-likeness (QED) is 0.937. The van der Waals surface area contributed by atoms with Crippen molar-refractivity contribution in [3.05, 3.63) is 42.5 Å². The molecule has 1 aromatic heterocycles. The van der Waals surface area contributed by atoms with E-state index >= 15 is 0 Å². The molecular formula is C17H22N4O2. The van der Waals surface area contributed by atoms with Crippen LogP contribution in [-0.2, 0) is 0 Å². The van der Waals surface area contributed by atoms with E-state index < -0.39 is 5.60 Å². The van der Waals surface area contributed by atoms with Crippen LogP contribution in [-0.4, -0.2) is 49.4 Å². The number of amides is 1. The van der Waals surface area contributed by atoms with Crippen LogP contribution in [0.5, 0.6) is 0 Å². The van der Waals surface area contributed by atoms with Crippen molar-refractivity contribution in [2.24, 2.45) is 0 Å². The number of piperidine rings is 1. The fourth-order valence-corrected chi connectivity index (χ4v) is 3.12. The molecule has 2 heterocycles. The third-order valence-electron chi connectivity index (χ3n) is 4.49. The van der Waals surface area contributed by atoms with Crippen molar-refractivity contribution in [1.82, 2.24) is 19.7 Å². The number of aliphatic hydroxyl groups is 1. The molecule has 6 nitrogen and oxygen atoms in total. The van der Waals surface area contributed by atoms with Crippen molar-refractivity contribution in [1.29, 1.82) is 0 Å². The van der Waals surface area contributed by atoms with E-state index in [0.717, 1.165) is 18.5 Å². The van der Waals surface area contributed by atoms with E-state index in [1.54, 1.807) is 11.0 Å². The minimum Gasteiger partial charge on any atom is -0.390 e. The zero-order valence-corrected chi connectivity index (χ0v) is 13.4. The molecule has 0 spiro atoms. The number of aromatic nitrogens is 3. The van der Waals surface area contributed by atoms with Crippen LogP contribution in [0.1, 0.15) is 43.0 Å². The molecule has 1 aliphatic heterocycles. The molecule has 1 saturated heterocycles. The van der Waals surface area contributed by atoms with Crippen LogP contribution in [0.25, 0.3) is 5.69 Å². The third-order valence-corrected chi connectivity index (χ3v) is 4.49. The van der Waals surface area contributed by atoms with E-state index in [9.17, 15) is 9.90 Å². The Labute approximate surface area is 135 Å². The average molecular weight is 314 g/mol. The molecule has 0 radical (unpaired) electrons. The first-order valence-electron chi connectivity index (χ1n) is 8.08. The standard InChI is InChI=1S/C17H22N4O2/c1-2-7-17(23)8-10-20(11-9-17)16(22)14-3-5-15(6-4-14)21-13-18-12-19-21/h3-6,12-13,23H,2,7-11H2,1H3. The van der Waals surface area contributed by atoms with Gasteiger partial charge in [-0.15, -0.1) is 0 Å². The van der Waals surface area contributed by atoms with Gasteiger partial charge in [0.2, 0.25) is 0 Å². The maximum absolute atomic E-state index is 12.6. The van der Waals surface area contributed by atoms with Crippen LogP contribution < -0.4 is 0 Å². The van der Waals surface area contributed by atoms with Gasteiger partial charge in [0.1, 0.15) is 12.7 Å². The molecule has 23 heavy (non-hydrogen) atoms. The third kappa shape index (κ3) is 3.42. The lowest BCUT2D eigenvalue weighted by molar-refractivity contribution is -0.0233. The monoisotopic (exact) mass is 314 g/mol. The Balaban J connectivity index is 1.65. The number of likely N-dealkylation sites (tertiary alicyclic amines) is 1. The number of carbonyl (C=O) groups is 1. The fraction of sp³-hybridized carbons (Fsp3) is 0.471. The van der Waals surface area contributed by atoms with Gasteiger partial charge in [0, 0.05) is 18.7 Å². The molecule has 1 N–H and O–H groups in total. The summed E-state index contributed by atoms with van der Waals surface area (Å²) in [5.74, 6) is 0.0219. The summed E-state index contributed by atoms with van der Waals surface area (Å²) in [5, 5.41) is 14.5. The number of rotatable bonds is 4. The first-order valence-corrected chi connectivity index (χ1v) is 8.08. The number of hydrogen-bond donors (Lipinski definition) is 1. The number of nitrogens with zero attached hydrogens (tertiary/aromatic N) is 4. The zero-order valence-electron chi connectivity index (χ0n) is 13.4. The van der Waals surface area contributed by atoms with Crippen molar-refractivity contribution in [3.63, 3.8) is 0 Å². The molecule has 1 aliphatic rings. The van der Waals surface area contributed by atoms with Gasteiger partial charge >= 0.3 is 0 Å². The van der Waals surface area contributed by atoms with Gasteiger partial charge in [-0.05, 0) is 43.5 Å². The van der Waals surface area contributed by atoms with Crippen LogP contribution in [0.2, 0.25) is 0 Å². The Bertz CT molecular complexity index is 644. The maximum atomic E-state index is 12.6. The Morgan fingerprint density at radius 1 is 1.26 bits per heavy atom. The van der Waals surface area contributed by atoms with E-state index in [-0.39, 0.29) is 5.91 Å². The number of benzene rings is 1. The van der Waals surface area contributed by atoms with Crippen molar-refractivity contribution >= 4 is 5.91 Å². The minimum absolute atomic E-state index is 0.0219. The summed E-state index contributed by atoms with van der Waals surface area (Å²) in [7, 11) is 0. The van der Waals surface area contributed by atoms with E-state index in [0.29, 0.717) is 31.5 Å². The first kappa shape index (κ1) is 15.7. The predicted octanol–water partition coefficient (Wildman–Crippen LogP) is 2.03. The van der Waals surface area contributed by atoms with Crippen LogP contribution in [0.15, 0.2) is 36.9 Å². The van der Waals surface area contributed by atoms with Gasteiger partial charge in [0.05, 0.1) is 11.3 Å². The molecule has 1 fully saturated rings. The molecule has 3 rings (SSSR count). The highest BCUT2D eigenvalue weighted by molar-refractivity contribution is 5.94. The second-order valence-corrected chi connectivity index (χ2v) is 6.15. The molecule has 0 atom stereocenters. The normalized spacial score (nSPS) is 17.2. The SMILES string of the molecule is CCCC1(O)CCN(C(=O)c2ccc(-n3cncn3)cc2)CC1. The van der Waals surface area contributed by atoms with Gasteiger partial charge in [-0.2, -0.15) is 5.10 Å². The summed E-state index contributed by atoms with van der Waals surface area (Å²) in [5.41, 5.74) is 0.937. The van der Waals surface area contributed by atoms with Gasteiger partial charge in [-0.3, -0.25) is 4.79 Å². The maximum Gasteiger partial charge on any atom is 0.253 e. The van der Waals surface area contributed by atoms with Crippen LogP contribution in [0, 0.1) is 0 Å². The lowest BCUT2D eigenvalue weighted by Crippen LogP contribution is -2.46. The second kappa shape index (κ2) is 6.50. The highest BCUT2D eigenvalue weighted by atomic mass is 16.3. The molecule has 1 aromatic carbocycles. The fourth-order valence-electron chi connectivity index (χ4n) is 3.12. The van der Waals surface area contributed by atoms with Crippen molar-refractivity contribution in [2.45, 2.75) is 38.2 Å². The number of carbonyl (C=O) groups excluding carboxylic acids is 1. The van der Waals surface area contributed by atoms with Crippen LogP contribution in [0.3, 0.4) is 0 Å². The Morgan fingerprint density at radius 3 is 2.52 bits per heavy atom. The summed E-state index contributed by atoms with van der Waals surface area (Å²) in [6.07, 6.45) is 6.18. The number of hydrogen-bond acceptors (Lipinski definition) is 4. The highest BCUT2D eigenvalue weighted by Crippen LogP contribution is 2.27. The van der Waals surface area contributed by atoms with Crippen molar-refractivity contribution in [2.75, 3.05) is 13.1 Å². The Kier molecular flexibility index (Phi) is 4.43. The zero-order chi connectivity index (χ0) is 16.3.